The first-order valence-electron chi connectivity index (χ1n) is 4.89. The molecule has 0 spiro atoms. The predicted molar refractivity (Wildman–Crippen MR) is 55.4 cm³/mol. The number of carbonyl (C=O) groups excluding carboxylic acids is 1. The summed E-state index contributed by atoms with van der Waals surface area (Å²) >= 11 is 0. The molecule has 6 nitrogen and oxygen atoms in total. The summed E-state index contributed by atoms with van der Waals surface area (Å²) in [5.41, 5.74) is 0. The van der Waals surface area contributed by atoms with E-state index in [4.69, 9.17) is 9.47 Å². The lowest BCUT2D eigenvalue weighted by atomic mass is 10.5. The zero-order valence-electron chi connectivity index (χ0n) is 9.28. The highest BCUT2D eigenvalue weighted by Gasteiger charge is 2.00. The SMILES string of the molecule is COCC(O)NCCOCCNC(C)=O. The van der Waals surface area contributed by atoms with Crippen molar-refractivity contribution >= 4 is 5.91 Å². The monoisotopic (exact) mass is 220 g/mol. The van der Waals surface area contributed by atoms with Crippen LogP contribution in [0, 0.1) is 0 Å². The van der Waals surface area contributed by atoms with Crippen LogP contribution in [0.25, 0.3) is 0 Å². The Morgan fingerprint density at radius 3 is 2.67 bits per heavy atom. The fraction of sp³-hybridized carbons (Fsp3) is 0.889. The summed E-state index contributed by atoms with van der Waals surface area (Å²) in [5, 5.41) is 14.6. The minimum absolute atomic E-state index is 0.0627. The first-order valence-corrected chi connectivity index (χ1v) is 4.89. The van der Waals surface area contributed by atoms with Crippen LogP contribution in [0.4, 0.5) is 0 Å². The third-order valence-corrected chi connectivity index (χ3v) is 1.57. The Kier molecular flexibility index (Phi) is 9.40. The Morgan fingerprint density at radius 2 is 2.07 bits per heavy atom. The fourth-order valence-electron chi connectivity index (χ4n) is 0.916. The van der Waals surface area contributed by atoms with Gasteiger partial charge in [0.2, 0.25) is 5.91 Å². The number of aliphatic hydroxyl groups is 1. The number of rotatable bonds is 9. The van der Waals surface area contributed by atoms with E-state index < -0.39 is 6.23 Å². The van der Waals surface area contributed by atoms with Crippen LogP contribution >= 0.6 is 0 Å². The molecule has 0 aromatic rings. The standard InChI is InChI=1S/C9H20N2O4/c1-8(12)10-3-5-15-6-4-11-9(13)7-14-2/h9,11,13H,3-7H2,1-2H3,(H,10,12). The number of ether oxygens (including phenoxy) is 2. The van der Waals surface area contributed by atoms with Gasteiger partial charge < -0.3 is 19.9 Å². The molecule has 0 aromatic heterocycles. The number of carbonyl (C=O) groups is 1. The van der Waals surface area contributed by atoms with Crippen LogP contribution in [0.3, 0.4) is 0 Å². The van der Waals surface area contributed by atoms with Gasteiger partial charge in [0.25, 0.3) is 0 Å². The van der Waals surface area contributed by atoms with Crippen molar-refractivity contribution in [1.82, 2.24) is 10.6 Å². The highest BCUT2D eigenvalue weighted by molar-refractivity contribution is 5.72. The molecule has 3 N–H and O–H groups in total. The van der Waals surface area contributed by atoms with Gasteiger partial charge in [-0.3, -0.25) is 10.1 Å². The van der Waals surface area contributed by atoms with Gasteiger partial charge in [0.05, 0.1) is 19.8 Å². The van der Waals surface area contributed by atoms with Crippen molar-refractivity contribution in [3.63, 3.8) is 0 Å². The van der Waals surface area contributed by atoms with E-state index in [1.54, 1.807) is 0 Å². The van der Waals surface area contributed by atoms with Crippen molar-refractivity contribution < 1.29 is 19.4 Å². The lowest BCUT2D eigenvalue weighted by molar-refractivity contribution is -0.119. The van der Waals surface area contributed by atoms with Crippen LogP contribution in [0.5, 0.6) is 0 Å². The summed E-state index contributed by atoms with van der Waals surface area (Å²) < 4.78 is 9.91. The van der Waals surface area contributed by atoms with E-state index in [2.05, 4.69) is 10.6 Å². The van der Waals surface area contributed by atoms with Gasteiger partial charge >= 0.3 is 0 Å². The maximum absolute atomic E-state index is 10.5. The normalized spacial score (nSPS) is 12.5. The average Bonchev–Trinajstić information content (AvgIpc) is 2.16. The van der Waals surface area contributed by atoms with E-state index in [0.717, 1.165) is 0 Å². The molecular weight excluding hydrogens is 200 g/mol. The minimum Gasteiger partial charge on any atom is -0.381 e. The van der Waals surface area contributed by atoms with Crippen LogP contribution in [-0.4, -0.2) is 57.3 Å². The number of methoxy groups -OCH3 is 1. The number of hydrogen-bond donors (Lipinski definition) is 3. The molecule has 0 radical (unpaired) electrons. The lowest BCUT2D eigenvalue weighted by Gasteiger charge is -2.11. The number of amides is 1. The topological polar surface area (TPSA) is 79.8 Å². The molecule has 0 rings (SSSR count). The van der Waals surface area contributed by atoms with Crippen molar-refractivity contribution in [2.45, 2.75) is 13.2 Å². The van der Waals surface area contributed by atoms with Crippen molar-refractivity contribution in [2.75, 3.05) is 40.0 Å². The van der Waals surface area contributed by atoms with E-state index in [0.29, 0.717) is 26.3 Å². The second-order valence-electron chi connectivity index (χ2n) is 3.02. The highest BCUT2D eigenvalue weighted by Crippen LogP contribution is 1.78. The van der Waals surface area contributed by atoms with Gasteiger partial charge in [0.1, 0.15) is 6.23 Å². The van der Waals surface area contributed by atoms with E-state index in [-0.39, 0.29) is 12.5 Å². The molecule has 15 heavy (non-hydrogen) atoms. The summed E-state index contributed by atoms with van der Waals surface area (Å²) in [7, 11) is 1.52. The van der Waals surface area contributed by atoms with Gasteiger partial charge in [0, 0.05) is 27.1 Å². The Bertz CT molecular complexity index is 166. The third-order valence-electron chi connectivity index (χ3n) is 1.57. The molecule has 0 saturated heterocycles. The number of nitrogens with one attached hydrogen (secondary N) is 2. The second-order valence-corrected chi connectivity index (χ2v) is 3.02. The Labute approximate surface area is 89.9 Å². The van der Waals surface area contributed by atoms with Gasteiger partial charge in [-0.15, -0.1) is 0 Å². The van der Waals surface area contributed by atoms with Crippen LogP contribution in [0.15, 0.2) is 0 Å². The molecule has 0 aromatic carbocycles. The maximum Gasteiger partial charge on any atom is 0.216 e. The van der Waals surface area contributed by atoms with Crippen LogP contribution in [0.1, 0.15) is 6.92 Å². The van der Waals surface area contributed by atoms with Gasteiger partial charge in [-0.1, -0.05) is 0 Å². The molecule has 1 unspecified atom stereocenters. The van der Waals surface area contributed by atoms with Crippen LogP contribution in [0.2, 0.25) is 0 Å². The highest BCUT2D eigenvalue weighted by atomic mass is 16.5. The summed E-state index contributed by atoms with van der Waals surface area (Å²) in [6.07, 6.45) is -0.658. The van der Waals surface area contributed by atoms with E-state index in [1.807, 2.05) is 0 Å². The molecule has 0 aliphatic carbocycles. The second kappa shape index (κ2) is 9.85. The van der Waals surface area contributed by atoms with Crippen LogP contribution in [-0.2, 0) is 14.3 Å². The largest absolute Gasteiger partial charge is 0.381 e. The zero-order chi connectivity index (χ0) is 11.5. The molecule has 0 heterocycles. The van der Waals surface area contributed by atoms with E-state index >= 15 is 0 Å². The zero-order valence-corrected chi connectivity index (χ0v) is 9.28. The Balaban J connectivity index is 3.07. The van der Waals surface area contributed by atoms with Gasteiger partial charge in [0.15, 0.2) is 0 Å². The molecule has 0 saturated carbocycles. The van der Waals surface area contributed by atoms with E-state index in [9.17, 15) is 9.90 Å². The first kappa shape index (κ1) is 14.3. The van der Waals surface area contributed by atoms with Crippen LogP contribution < -0.4 is 10.6 Å². The third kappa shape index (κ3) is 11.2. The Hall–Kier alpha value is -0.690. The minimum atomic E-state index is -0.658. The maximum atomic E-state index is 10.5. The Morgan fingerprint density at radius 1 is 1.40 bits per heavy atom. The molecule has 0 aliphatic heterocycles. The summed E-state index contributed by atoms with van der Waals surface area (Å²) in [5.74, 6) is -0.0627. The first-order chi connectivity index (χ1) is 7.16. The lowest BCUT2D eigenvalue weighted by Crippen LogP contribution is -2.35. The molecule has 1 amide bonds. The predicted octanol–water partition coefficient (Wildman–Crippen LogP) is -1.31. The molecular formula is C9H20N2O4. The number of hydrogen-bond acceptors (Lipinski definition) is 5. The van der Waals surface area contributed by atoms with Gasteiger partial charge in [-0.2, -0.15) is 0 Å². The van der Waals surface area contributed by atoms with Crippen molar-refractivity contribution in [3.8, 4) is 0 Å². The van der Waals surface area contributed by atoms with Crippen molar-refractivity contribution in [1.29, 1.82) is 0 Å². The molecule has 0 bridgehead atoms. The molecule has 1 atom stereocenters. The quantitative estimate of drug-likeness (QED) is 0.332. The van der Waals surface area contributed by atoms with Gasteiger partial charge in [-0.05, 0) is 0 Å². The fourth-order valence-corrected chi connectivity index (χ4v) is 0.916. The smallest absolute Gasteiger partial charge is 0.216 e. The molecule has 0 fully saturated rings. The summed E-state index contributed by atoms with van der Waals surface area (Å²) in [4.78, 5) is 10.5. The van der Waals surface area contributed by atoms with E-state index in [1.165, 1.54) is 14.0 Å². The number of aliphatic hydroxyl groups excluding tert-OH is 1. The van der Waals surface area contributed by atoms with Crippen molar-refractivity contribution in [3.05, 3.63) is 0 Å². The molecule has 0 aliphatic rings. The summed E-state index contributed by atoms with van der Waals surface area (Å²) in [6.45, 7) is 3.73. The van der Waals surface area contributed by atoms with Crippen molar-refractivity contribution in [2.24, 2.45) is 0 Å². The molecule has 6 heteroatoms. The average molecular weight is 220 g/mol. The molecule has 90 valence electrons. The summed E-state index contributed by atoms with van der Waals surface area (Å²) in [6, 6.07) is 0. The van der Waals surface area contributed by atoms with Gasteiger partial charge in [-0.25, -0.2) is 0 Å².